The van der Waals surface area contributed by atoms with Crippen molar-refractivity contribution in [2.24, 2.45) is 0 Å². The SMILES string of the molecule is Cc1cc(Br)c(N2CCNC(C)C2)cc1Cl. The van der Waals surface area contributed by atoms with E-state index in [1.54, 1.807) is 0 Å². The van der Waals surface area contributed by atoms with Crippen molar-refractivity contribution in [2.75, 3.05) is 24.5 Å². The van der Waals surface area contributed by atoms with Gasteiger partial charge < -0.3 is 10.2 Å². The van der Waals surface area contributed by atoms with E-state index in [4.69, 9.17) is 11.6 Å². The van der Waals surface area contributed by atoms with Crippen molar-refractivity contribution >= 4 is 33.2 Å². The summed E-state index contributed by atoms with van der Waals surface area (Å²) < 4.78 is 1.13. The van der Waals surface area contributed by atoms with Crippen LogP contribution in [0.2, 0.25) is 5.02 Å². The summed E-state index contributed by atoms with van der Waals surface area (Å²) in [5, 5.41) is 4.27. The Hall–Kier alpha value is -0.250. The summed E-state index contributed by atoms with van der Waals surface area (Å²) in [7, 11) is 0. The fourth-order valence-electron chi connectivity index (χ4n) is 2.03. The molecular weight excluding hydrogens is 288 g/mol. The quantitative estimate of drug-likeness (QED) is 0.857. The second-order valence-corrected chi connectivity index (χ2v) is 5.62. The van der Waals surface area contributed by atoms with Crippen LogP contribution in [0, 0.1) is 6.92 Å². The molecule has 1 saturated heterocycles. The highest BCUT2D eigenvalue weighted by molar-refractivity contribution is 9.10. The minimum absolute atomic E-state index is 0.528. The molecule has 0 saturated carbocycles. The van der Waals surface area contributed by atoms with Crippen LogP contribution in [0.25, 0.3) is 0 Å². The van der Waals surface area contributed by atoms with E-state index < -0.39 is 0 Å². The molecule has 4 heteroatoms. The summed E-state index contributed by atoms with van der Waals surface area (Å²) in [5.41, 5.74) is 2.31. The van der Waals surface area contributed by atoms with E-state index in [-0.39, 0.29) is 0 Å². The van der Waals surface area contributed by atoms with Gasteiger partial charge in [0.05, 0.1) is 5.69 Å². The second-order valence-electron chi connectivity index (χ2n) is 4.35. The van der Waals surface area contributed by atoms with Crippen molar-refractivity contribution in [3.63, 3.8) is 0 Å². The van der Waals surface area contributed by atoms with Gasteiger partial charge in [0.15, 0.2) is 0 Å². The molecule has 0 aromatic heterocycles. The lowest BCUT2D eigenvalue weighted by Gasteiger charge is -2.34. The first kappa shape index (κ1) is 12.2. The molecule has 0 amide bonds. The van der Waals surface area contributed by atoms with Crippen molar-refractivity contribution in [1.82, 2.24) is 5.32 Å². The monoisotopic (exact) mass is 302 g/mol. The third kappa shape index (κ3) is 2.53. The van der Waals surface area contributed by atoms with Gasteiger partial charge in [0, 0.05) is 35.2 Å². The van der Waals surface area contributed by atoms with Gasteiger partial charge >= 0.3 is 0 Å². The molecule has 1 heterocycles. The number of nitrogens with one attached hydrogen (secondary N) is 1. The summed E-state index contributed by atoms with van der Waals surface area (Å²) in [4.78, 5) is 2.37. The van der Waals surface area contributed by atoms with Crippen molar-refractivity contribution in [2.45, 2.75) is 19.9 Å². The van der Waals surface area contributed by atoms with Crippen molar-refractivity contribution in [1.29, 1.82) is 0 Å². The normalized spacial score (nSPS) is 21.2. The van der Waals surface area contributed by atoms with Crippen LogP contribution in [0.3, 0.4) is 0 Å². The minimum Gasteiger partial charge on any atom is -0.368 e. The lowest BCUT2D eigenvalue weighted by Crippen LogP contribution is -2.49. The van der Waals surface area contributed by atoms with E-state index in [1.807, 2.05) is 6.92 Å². The van der Waals surface area contributed by atoms with Crippen LogP contribution >= 0.6 is 27.5 Å². The predicted octanol–water partition coefficient (Wildman–Crippen LogP) is 3.21. The standard InChI is InChI=1S/C12H16BrClN2/c1-8-5-10(13)12(6-11(8)14)16-4-3-15-9(2)7-16/h5-6,9,15H,3-4,7H2,1-2H3. The van der Waals surface area contributed by atoms with Crippen molar-refractivity contribution < 1.29 is 0 Å². The van der Waals surface area contributed by atoms with Gasteiger partial charge in [0.2, 0.25) is 0 Å². The summed E-state index contributed by atoms with van der Waals surface area (Å²) in [5.74, 6) is 0. The molecular formula is C12H16BrClN2. The average Bonchev–Trinajstić information content (AvgIpc) is 2.23. The fourth-order valence-corrected chi connectivity index (χ4v) is 2.90. The number of rotatable bonds is 1. The van der Waals surface area contributed by atoms with Crippen LogP contribution in [0.5, 0.6) is 0 Å². The molecule has 2 nitrogen and oxygen atoms in total. The maximum absolute atomic E-state index is 6.18. The number of hydrogen-bond acceptors (Lipinski definition) is 2. The van der Waals surface area contributed by atoms with Crippen LogP contribution in [-0.2, 0) is 0 Å². The molecule has 1 N–H and O–H groups in total. The van der Waals surface area contributed by atoms with Crippen LogP contribution in [0.1, 0.15) is 12.5 Å². The predicted molar refractivity (Wildman–Crippen MR) is 73.6 cm³/mol. The largest absolute Gasteiger partial charge is 0.368 e. The van der Waals surface area contributed by atoms with Gasteiger partial charge in [-0.1, -0.05) is 11.6 Å². The smallest absolute Gasteiger partial charge is 0.0526 e. The third-order valence-electron chi connectivity index (χ3n) is 2.94. The first-order chi connectivity index (χ1) is 7.58. The molecule has 2 rings (SSSR count). The second kappa shape index (κ2) is 4.94. The van der Waals surface area contributed by atoms with Crippen LogP contribution in [-0.4, -0.2) is 25.7 Å². The Morgan fingerprint density at radius 1 is 1.50 bits per heavy atom. The zero-order chi connectivity index (χ0) is 11.7. The lowest BCUT2D eigenvalue weighted by molar-refractivity contribution is 0.484. The Bertz CT molecular complexity index is 395. The van der Waals surface area contributed by atoms with E-state index in [0.717, 1.165) is 34.7 Å². The molecule has 16 heavy (non-hydrogen) atoms. The van der Waals surface area contributed by atoms with E-state index >= 15 is 0 Å². The van der Waals surface area contributed by atoms with E-state index in [0.29, 0.717) is 6.04 Å². The van der Waals surface area contributed by atoms with E-state index in [2.05, 4.69) is 45.2 Å². The first-order valence-electron chi connectivity index (χ1n) is 5.52. The highest BCUT2D eigenvalue weighted by Gasteiger charge is 2.18. The van der Waals surface area contributed by atoms with Crippen LogP contribution in [0.4, 0.5) is 5.69 Å². The van der Waals surface area contributed by atoms with Crippen LogP contribution in [0.15, 0.2) is 16.6 Å². The Labute approximate surface area is 110 Å². The highest BCUT2D eigenvalue weighted by atomic mass is 79.9. The Morgan fingerprint density at radius 2 is 2.25 bits per heavy atom. The zero-order valence-corrected chi connectivity index (χ0v) is 11.9. The molecule has 1 fully saturated rings. The highest BCUT2D eigenvalue weighted by Crippen LogP contribution is 2.32. The molecule has 1 aromatic carbocycles. The van der Waals surface area contributed by atoms with Gasteiger partial charge in [-0.2, -0.15) is 0 Å². The molecule has 0 spiro atoms. The number of nitrogens with zero attached hydrogens (tertiary/aromatic N) is 1. The number of aryl methyl sites for hydroxylation is 1. The Balaban J connectivity index is 2.29. The number of anilines is 1. The molecule has 1 unspecified atom stereocenters. The molecule has 0 bridgehead atoms. The maximum Gasteiger partial charge on any atom is 0.0526 e. The van der Waals surface area contributed by atoms with Crippen LogP contribution < -0.4 is 10.2 Å². The number of piperazine rings is 1. The number of benzene rings is 1. The molecule has 1 aliphatic rings. The molecule has 1 aliphatic heterocycles. The minimum atomic E-state index is 0.528. The van der Waals surface area contributed by atoms with Gasteiger partial charge in [-0.05, 0) is 47.5 Å². The van der Waals surface area contributed by atoms with Gasteiger partial charge in [-0.3, -0.25) is 0 Å². The van der Waals surface area contributed by atoms with Gasteiger partial charge in [-0.15, -0.1) is 0 Å². The Morgan fingerprint density at radius 3 is 2.94 bits per heavy atom. The topological polar surface area (TPSA) is 15.3 Å². The molecule has 1 aromatic rings. The average molecular weight is 304 g/mol. The summed E-state index contributed by atoms with van der Waals surface area (Å²) in [6.07, 6.45) is 0. The number of hydrogen-bond donors (Lipinski definition) is 1. The van der Waals surface area contributed by atoms with Gasteiger partial charge in [0.1, 0.15) is 0 Å². The fraction of sp³-hybridized carbons (Fsp3) is 0.500. The first-order valence-corrected chi connectivity index (χ1v) is 6.69. The Kier molecular flexibility index (Phi) is 3.77. The van der Waals surface area contributed by atoms with Crippen molar-refractivity contribution in [3.05, 3.63) is 27.2 Å². The third-order valence-corrected chi connectivity index (χ3v) is 3.98. The summed E-state index contributed by atoms with van der Waals surface area (Å²) in [6, 6.07) is 4.67. The summed E-state index contributed by atoms with van der Waals surface area (Å²) in [6.45, 7) is 7.31. The van der Waals surface area contributed by atoms with Gasteiger partial charge in [0.25, 0.3) is 0 Å². The molecule has 0 aliphatic carbocycles. The van der Waals surface area contributed by atoms with Gasteiger partial charge in [-0.25, -0.2) is 0 Å². The zero-order valence-electron chi connectivity index (χ0n) is 9.56. The maximum atomic E-state index is 6.18. The van der Waals surface area contributed by atoms with Crippen molar-refractivity contribution in [3.8, 4) is 0 Å². The molecule has 0 radical (unpaired) electrons. The van der Waals surface area contributed by atoms with E-state index in [9.17, 15) is 0 Å². The number of halogens is 2. The molecule has 88 valence electrons. The lowest BCUT2D eigenvalue weighted by atomic mass is 10.1. The summed E-state index contributed by atoms with van der Waals surface area (Å²) >= 11 is 9.79. The molecule has 1 atom stereocenters. The van der Waals surface area contributed by atoms with E-state index in [1.165, 1.54) is 5.69 Å².